The summed E-state index contributed by atoms with van der Waals surface area (Å²) in [5, 5.41) is 3.55. The minimum absolute atomic E-state index is 0.0903. The van der Waals surface area contributed by atoms with Crippen molar-refractivity contribution >= 4 is 28.6 Å². The highest BCUT2D eigenvalue weighted by Gasteiger charge is 2.14. The first-order valence-corrected chi connectivity index (χ1v) is 8.27. The summed E-state index contributed by atoms with van der Waals surface area (Å²) in [4.78, 5) is 28.6. The van der Waals surface area contributed by atoms with Crippen molar-refractivity contribution in [2.45, 2.75) is 18.1 Å². The molecule has 0 saturated heterocycles. The summed E-state index contributed by atoms with van der Waals surface area (Å²) in [6.45, 7) is 1.83. The molecule has 0 saturated carbocycles. The van der Waals surface area contributed by atoms with Crippen LogP contribution in [-0.2, 0) is 4.79 Å². The Bertz CT molecular complexity index is 921. The summed E-state index contributed by atoms with van der Waals surface area (Å²) in [6.07, 6.45) is 1.55. The van der Waals surface area contributed by atoms with Crippen LogP contribution in [0.25, 0.3) is 10.9 Å². The summed E-state index contributed by atoms with van der Waals surface area (Å²) in [7, 11) is 0. The number of nitrogen functional groups attached to an aromatic ring is 1. The van der Waals surface area contributed by atoms with Crippen molar-refractivity contribution < 1.29 is 9.21 Å². The van der Waals surface area contributed by atoms with E-state index in [1.807, 2.05) is 6.92 Å². The van der Waals surface area contributed by atoms with Gasteiger partial charge in [0, 0.05) is 0 Å². The molecule has 1 amide bonds. The van der Waals surface area contributed by atoms with Crippen LogP contribution in [0.4, 0.5) is 0 Å². The SMILES string of the molecule is CC(NC(=O)CSc1nc2ccccc2c(=O)n1N)c1ccco1. The molecular formula is C16H16N4O3S. The number of amides is 1. The number of thioether (sulfide) groups is 1. The molecule has 0 aliphatic rings. The van der Waals surface area contributed by atoms with Gasteiger partial charge in [-0.25, -0.2) is 9.66 Å². The standard InChI is InChI=1S/C16H16N4O3S/c1-10(13-7-4-8-23-13)18-14(21)9-24-16-19-12-6-3-2-5-11(12)15(22)20(16)17/h2-8,10H,9,17H2,1H3,(H,18,21). The lowest BCUT2D eigenvalue weighted by Gasteiger charge is -2.12. The number of rotatable bonds is 5. The maximum absolute atomic E-state index is 12.2. The van der Waals surface area contributed by atoms with Crippen LogP contribution < -0.4 is 16.7 Å². The number of furan rings is 1. The van der Waals surface area contributed by atoms with E-state index in [2.05, 4.69) is 10.3 Å². The van der Waals surface area contributed by atoms with E-state index in [0.29, 0.717) is 21.8 Å². The van der Waals surface area contributed by atoms with Crippen molar-refractivity contribution in [3.05, 3.63) is 58.8 Å². The van der Waals surface area contributed by atoms with E-state index >= 15 is 0 Å². The lowest BCUT2D eigenvalue weighted by atomic mass is 10.2. The van der Waals surface area contributed by atoms with Gasteiger partial charge in [0.05, 0.1) is 29.0 Å². The van der Waals surface area contributed by atoms with Gasteiger partial charge in [-0.3, -0.25) is 9.59 Å². The zero-order valence-electron chi connectivity index (χ0n) is 12.9. The molecule has 1 aromatic carbocycles. The normalized spacial score (nSPS) is 12.2. The Morgan fingerprint density at radius 3 is 2.92 bits per heavy atom. The minimum Gasteiger partial charge on any atom is -0.467 e. The second kappa shape index (κ2) is 6.79. The van der Waals surface area contributed by atoms with Gasteiger partial charge < -0.3 is 15.6 Å². The molecule has 2 aromatic heterocycles. The Kier molecular flexibility index (Phi) is 4.57. The number of para-hydroxylation sites is 1. The Morgan fingerprint density at radius 2 is 2.17 bits per heavy atom. The molecule has 0 aliphatic heterocycles. The van der Waals surface area contributed by atoms with Gasteiger partial charge in [0.15, 0.2) is 5.16 Å². The van der Waals surface area contributed by atoms with E-state index in [-0.39, 0.29) is 23.3 Å². The van der Waals surface area contributed by atoms with Crippen molar-refractivity contribution in [2.75, 3.05) is 11.6 Å². The Hall–Kier alpha value is -2.74. The second-order valence-electron chi connectivity index (χ2n) is 5.18. The van der Waals surface area contributed by atoms with Gasteiger partial charge in [0.25, 0.3) is 5.56 Å². The van der Waals surface area contributed by atoms with E-state index in [1.54, 1.807) is 42.7 Å². The second-order valence-corrected chi connectivity index (χ2v) is 6.12. The third-order valence-corrected chi connectivity index (χ3v) is 4.41. The number of carbonyl (C=O) groups excluding carboxylic acids is 1. The fraction of sp³-hybridized carbons (Fsp3) is 0.188. The number of benzene rings is 1. The number of carbonyl (C=O) groups is 1. The number of fused-ring (bicyclic) bond motifs is 1. The van der Waals surface area contributed by atoms with Gasteiger partial charge in [-0.15, -0.1) is 0 Å². The van der Waals surface area contributed by atoms with Gasteiger partial charge >= 0.3 is 0 Å². The van der Waals surface area contributed by atoms with Crippen molar-refractivity contribution in [1.82, 2.24) is 15.0 Å². The number of nitrogens with one attached hydrogen (secondary N) is 1. The molecule has 2 heterocycles. The number of hydrogen-bond donors (Lipinski definition) is 2. The number of nitrogens with two attached hydrogens (primary N) is 1. The first kappa shape index (κ1) is 16.1. The summed E-state index contributed by atoms with van der Waals surface area (Å²) in [5.74, 6) is 6.35. The summed E-state index contributed by atoms with van der Waals surface area (Å²) in [5.41, 5.74) is 0.212. The predicted molar refractivity (Wildman–Crippen MR) is 92.1 cm³/mol. The topological polar surface area (TPSA) is 103 Å². The van der Waals surface area contributed by atoms with Crippen LogP contribution >= 0.6 is 11.8 Å². The van der Waals surface area contributed by atoms with Gasteiger partial charge in [-0.1, -0.05) is 23.9 Å². The maximum atomic E-state index is 12.2. The van der Waals surface area contributed by atoms with E-state index in [0.717, 1.165) is 16.4 Å². The molecule has 1 unspecified atom stereocenters. The van der Waals surface area contributed by atoms with Crippen LogP contribution in [0.5, 0.6) is 0 Å². The minimum atomic E-state index is -0.340. The molecule has 8 heteroatoms. The zero-order chi connectivity index (χ0) is 17.1. The Labute approximate surface area is 141 Å². The quantitative estimate of drug-likeness (QED) is 0.415. The van der Waals surface area contributed by atoms with Crippen LogP contribution in [-0.4, -0.2) is 21.3 Å². The number of aromatic nitrogens is 2. The van der Waals surface area contributed by atoms with E-state index in [1.165, 1.54) is 0 Å². The molecule has 24 heavy (non-hydrogen) atoms. The first-order valence-electron chi connectivity index (χ1n) is 7.28. The molecule has 3 aromatic rings. The van der Waals surface area contributed by atoms with E-state index in [4.69, 9.17) is 10.3 Å². The summed E-state index contributed by atoms with van der Waals surface area (Å²) >= 11 is 1.11. The largest absolute Gasteiger partial charge is 0.467 e. The molecule has 3 N–H and O–H groups in total. The summed E-state index contributed by atoms with van der Waals surface area (Å²) < 4.78 is 6.21. The molecule has 1 atom stereocenters. The van der Waals surface area contributed by atoms with Gasteiger partial charge in [0.1, 0.15) is 5.76 Å². The molecule has 0 radical (unpaired) electrons. The average Bonchev–Trinajstić information content (AvgIpc) is 3.11. The van der Waals surface area contributed by atoms with Gasteiger partial charge in [0.2, 0.25) is 5.91 Å². The highest BCUT2D eigenvalue weighted by atomic mass is 32.2. The van der Waals surface area contributed by atoms with Crippen LogP contribution in [0.1, 0.15) is 18.7 Å². The predicted octanol–water partition coefficient (Wildman–Crippen LogP) is 1.67. The lowest BCUT2D eigenvalue weighted by Crippen LogP contribution is -2.31. The van der Waals surface area contributed by atoms with Crippen molar-refractivity contribution in [3.63, 3.8) is 0 Å². The molecule has 3 rings (SSSR count). The lowest BCUT2D eigenvalue weighted by molar-refractivity contribution is -0.119. The van der Waals surface area contributed by atoms with Crippen molar-refractivity contribution in [1.29, 1.82) is 0 Å². The third-order valence-electron chi connectivity index (χ3n) is 3.46. The van der Waals surface area contributed by atoms with Gasteiger partial charge in [-0.05, 0) is 31.2 Å². The fourth-order valence-corrected chi connectivity index (χ4v) is 2.98. The molecule has 0 spiro atoms. The molecule has 7 nitrogen and oxygen atoms in total. The zero-order valence-corrected chi connectivity index (χ0v) is 13.7. The van der Waals surface area contributed by atoms with Crippen molar-refractivity contribution in [2.24, 2.45) is 0 Å². The maximum Gasteiger partial charge on any atom is 0.280 e. The molecule has 0 fully saturated rings. The van der Waals surface area contributed by atoms with Crippen LogP contribution in [0.2, 0.25) is 0 Å². The third kappa shape index (κ3) is 3.28. The Balaban J connectivity index is 1.70. The molecule has 0 bridgehead atoms. The Morgan fingerprint density at radius 1 is 1.38 bits per heavy atom. The first-order chi connectivity index (χ1) is 11.6. The highest BCUT2D eigenvalue weighted by Crippen LogP contribution is 2.17. The molecular weight excluding hydrogens is 328 g/mol. The molecule has 0 aliphatic carbocycles. The smallest absolute Gasteiger partial charge is 0.280 e. The summed E-state index contributed by atoms with van der Waals surface area (Å²) in [6, 6.07) is 10.3. The number of hydrogen-bond acceptors (Lipinski definition) is 6. The molecule has 124 valence electrons. The number of nitrogens with zero attached hydrogens (tertiary/aromatic N) is 2. The highest BCUT2D eigenvalue weighted by molar-refractivity contribution is 7.99. The van der Waals surface area contributed by atoms with Gasteiger partial charge in [-0.2, -0.15) is 0 Å². The van der Waals surface area contributed by atoms with E-state index < -0.39 is 0 Å². The fourth-order valence-electron chi connectivity index (χ4n) is 2.25. The van der Waals surface area contributed by atoms with Crippen LogP contribution in [0, 0.1) is 0 Å². The van der Waals surface area contributed by atoms with Crippen molar-refractivity contribution in [3.8, 4) is 0 Å². The monoisotopic (exact) mass is 344 g/mol. The van der Waals surface area contributed by atoms with E-state index in [9.17, 15) is 9.59 Å². The van der Waals surface area contributed by atoms with Crippen LogP contribution in [0.3, 0.4) is 0 Å². The average molecular weight is 344 g/mol. The van der Waals surface area contributed by atoms with Crippen LogP contribution in [0.15, 0.2) is 57.0 Å².